The minimum absolute atomic E-state index is 0.0461. The number of hydrogen-bond donors (Lipinski definition) is 2. The number of aliphatic hydroxyl groups is 1. The summed E-state index contributed by atoms with van der Waals surface area (Å²) in [6, 6.07) is 16.3. The van der Waals surface area contributed by atoms with Gasteiger partial charge < -0.3 is 24.3 Å². The van der Waals surface area contributed by atoms with E-state index in [2.05, 4.69) is 5.32 Å². The fraction of sp³-hybridized carbons (Fsp3) is 0.257. The number of aliphatic hydroxyl groups excluding tert-OH is 1. The summed E-state index contributed by atoms with van der Waals surface area (Å²) >= 11 is 6.05. The van der Waals surface area contributed by atoms with Crippen molar-refractivity contribution in [1.29, 1.82) is 0 Å². The first-order chi connectivity index (χ1) is 22.2. The predicted octanol–water partition coefficient (Wildman–Crippen LogP) is 5.94. The minimum Gasteiger partial charge on any atom is -0.464 e. The van der Waals surface area contributed by atoms with E-state index >= 15 is 0 Å². The van der Waals surface area contributed by atoms with Crippen molar-refractivity contribution < 1.29 is 33.4 Å². The van der Waals surface area contributed by atoms with Crippen LogP contribution in [0.2, 0.25) is 5.02 Å². The molecule has 236 valence electrons. The molecule has 11 heteroatoms. The highest BCUT2D eigenvalue weighted by atomic mass is 35.5. The first-order valence-corrected chi connectivity index (χ1v) is 15.3. The zero-order chi connectivity index (χ0) is 32.5. The summed E-state index contributed by atoms with van der Waals surface area (Å²) in [5.74, 6) is -2.56. The van der Waals surface area contributed by atoms with Crippen molar-refractivity contribution in [3.63, 3.8) is 0 Å². The molecule has 2 N–H and O–H groups in total. The van der Waals surface area contributed by atoms with Crippen molar-refractivity contribution >= 4 is 51.7 Å². The number of halogens is 1. The molecule has 10 nitrogen and oxygen atoms in total. The maximum Gasteiger partial charge on any atom is 0.290 e. The molecule has 0 radical (unpaired) electrons. The SMILES string of the molecule is CCO[C@H]1OC(C(=O)Nc2ccc(N3C(=O)c4ccc(Cl)cc4C3=O)c(C)c2)=C[C@@H](c2coc3ccccc3c2=O)[C@H]1CCCO. The summed E-state index contributed by atoms with van der Waals surface area (Å²) in [6.07, 6.45) is 3.04. The van der Waals surface area contributed by atoms with Crippen LogP contribution < -0.4 is 15.6 Å². The van der Waals surface area contributed by atoms with E-state index in [1.54, 1.807) is 68.5 Å². The van der Waals surface area contributed by atoms with Gasteiger partial charge in [-0.25, -0.2) is 4.90 Å². The number of para-hydroxylation sites is 1. The molecule has 3 atom stereocenters. The van der Waals surface area contributed by atoms with Crippen LogP contribution in [0.3, 0.4) is 0 Å². The molecule has 0 saturated carbocycles. The van der Waals surface area contributed by atoms with Crippen molar-refractivity contribution in [2.45, 2.75) is 38.9 Å². The van der Waals surface area contributed by atoms with Gasteiger partial charge in [0.05, 0.1) is 28.5 Å². The minimum atomic E-state index is -0.871. The first kappa shape index (κ1) is 31.2. The second-order valence-corrected chi connectivity index (χ2v) is 11.6. The van der Waals surface area contributed by atoms with E-state index in [1.165, 1.54) is 18.4 Å². The third-order valence-corrected chi connectivity index (χ3v) is 8.48. The molecule has 0 bridgehead atoms. The normalized spacial score (nSPS) is 19.2. The van der Waals surface area contributed by atoms with E-state index in [-0.39, 0.29) is 34.8 Å². The number of ether oxygens (including phenoxy) is 2. The summed E-state index contributed by atoms with van der Waals surface area (Å²) in [6.45, 7) is 3.76. The van der Waals surface area contributed by atoms with E-state index in [4.69, 9.17) is 25.5 Å². The Morgan fingerprint density at radius 2 is 1.83 bits per heavy atom. The van der Waals surface area contributed by atoms with Crippen LogP contribution in [0.1, 0.15) is 57.5 Å². The maximum atomic E-state index is 13.6. The van der Waals surface area contributed by atoms with Crippen molar-refractivity contribution in [3.05, 3.63) is 116 Å². The second-order valence-electron chi connectivity index (χ2n) is 11.1. The van der Waals surface area contributed by atoms with Crippen LogP contribution in [0.25, 0.3) is 11.0 Å². The van der Waals surface area contributed by atoms with Crippen molar-refractivity contribution in [1.82, 2.24) is 0 Å². The van der Waals surface area contributed by atoms with Gasteiger partial charge in [0.25, 0.3) is 17.7 Å². The van der Waals surface area contributed by atoms with Crippen LogP contribution in [0.5, 0.6) is 0 Å². The lowest BCUT2D eigenvalue weighted by Crippen LogP contribution is -2.38. The van der Waals surface area contributed by atoms with Crippen LogP contribution in [0.4, 0.5) is 11.4 Å². The van der Waals surface area contributed by atoms with Crippen molar-refractivity contribution in [3.8, 4) is 0 Å². The Hall–Kier alpha value is -4.77. The van der Waals surface area contributed by atoms with E-state index < -0.39 is 29.9 Å². The van der Waals surface area contributed by atoms with Crippen LogP contribution >= 0.6 is 11.6 Å². The monoisotopic (exact) mass is 642 g/mol. The largest absolute Gasteiger partial charge is 0.464 e. The number of aryl methyl sites for hydroxylation is 1. The lowest BCUT2D eigenvalue weighted by molar-refractivity contribution is -0.165. The van der Waals surface area contributed by atoms with Crippen LogP contribution in [-0.4, -0.2) is 42.3 Å². The highest BCUT2D eigenvalue weighted by molar-refractivity contribution is 6.37. The number of benzene rings is 3. The van der Waals surface area contributed by atoms with Gasteiger partial charge in [-0.05, 0) is 86.9 Å². The second kappa shape index (κ2) is 12.9. The molecule has 3 heterocycles. The third kappa shape index (κ3) is 5.71. The number of anilines is 2. The molecule has 1 aromatic heterocycles. The van der Waals surface area contributed by atoms with Gasteiger partial charge in [-0.3, -0.25) is 19.2 Å². The Morgan fingerprint density at radius 3 is 2.59 bits per heavy atom. The molecule has 2 aliphatic heterocycles. The Labute approximate surface area is 269 Å². The molecule has 0 aliphatic carbocycles. The number of nitrogens with one attached hydrogen (secondary N) is 1. The molecular formula is C35H31ClN2O8. The standard InChI is InChI=1S/C35H31ClN2O8/c1-3-44-35-23(8-6-14-39)25(27-18-45-29-9-5-4-7-24(29)31(27)40)17-30(46-35)32(41)37-21-11-13-28(19(2)15-21)38-33(42)22-12-10-20(36)16-26(22)34(38)43/h4-5,7,9-13,15-18,23,25,35,39H,3,6,8,14H2,1-2H3,(H,37,41)/t23-,25-,35+/m1/s1. The quantitative estimate of drug-likeness (QED) is 0.214. The number of hydrogen-bond acceptors (Lipinski definition) is 8. The Kier molecular flexibility index (Phi) is 8.77. The highest BCUT2D eigenvalue weighted by Gasteiger charge is 2.40. The molecule has 3 amide bonds. The Morgan fingerprint density at radius 1 is 1.04 bits per heavy atom. The summed E-state index contributed by atoms with van der Waals surface area (Å²) in [7, 11) is 0. The molecule has 0 spiro atoms. The molecule has 4 aromatic rings. The maximum absolute atomic E-state index is 13.6. The van der Waals surface area contributed by atoms with Gasteiger partial charge in [-0.1, -0.05) is 23.7 Å². The number of rotatable bonds is 9. The molecular weight excluding hydrogens is 612 g/mol. The number of allylic oxidation sites excluding steroid dienone is 1. The van der Waals surface area contributed by atoms with E-state index in [0.717, 1.165) is 4.90 Å². The fourth-order valence-electron chi connectivity index (χ4n) is 6.05. The van der Waals surface area contributed by atoms with Gasteiger partial charge in [0, 0.05) is 41.3 Å². The van der Waals surface area contributed by atoms with Crippen molar-refractivity contribution in [2.24, 2.45) is 5.92 Å². The average Bonchev–Trinajstić information content (AvgIpc) is 3.29. The summed E-state index contributed by atoms with van der Waals surface area (Å²) in [5.41, 5.74) is 2.41. The molecule has 0 fully saturated rings. The zero-order valence-electron chi connectivity index (χ0n) is 25.1. The lowest BCUT2D eigenvalue weighted by atomic mass is 9.81. The molecule has 0 saturated heterocycles. The molecule has 0 unspecified atom stereocenters. The highest BCUT2D eigenvalue weighted by Crippen LogP contribution is 2.39. The molecule has 46 heavy (non-hydrogen) atoms. The predicted molar refractivity (Wildman–Crippen MR) is 172 cm³/mol. The number of amides is 3. The van der Waals surface area contributed by atoms with Gasteiger partial charge >= 0.3 is 0 Å². The lowest BCUT2D eigenvalue weighted by Gasteiger charge is -2.36. The number of carbonyl (C=O) groups excluding carboxylic acids is 3. The number of fused-ring (bicyclic) bond motifs is 2. The topological polar surface area (TPSA) is 135 Å². The van der Waals surface area contributed by atoms with E-state index in [1.807, 2.05) is 0 Å². The van der Waals surface area contributed by atoms with E-state index in [9.17, 15) is 24.3 Å². The number of carbonyl (C=O) groups is 3. The average molecular weight is 643 g/mol. The smallest absolute Gasteiger partial charge is 0.290 e. The summed E-state index contributed by atoms with van der Waals surface area (Å²) < 4.78 is 17.8. The van der Waals surface area contributed by atoms with Crippen LogP contribution in [-0.2, 0) is 14.3 Å². The van der Waals surface area contributed by atoms with E-state index in [0.29, 0.717) is 57.9 Å². The molecule has 3 aromatic carbocycles. The van der Waals surface area contributed by atoms with Gasteiger partial charge in [-0.15, -0.1) is 0 Å². The zero-order valence-corrected chi connectivity index (χ0v) is 25.9. The van der Waals surface area contributed by atoms with Crippen LogP contribution in [0, 0.1) is 12.8 Å². The van der Waals surface area contributed by atoms with Gasteiger partial charge in [0.15, 0.2) is 11.2 Å². The first-order valence-electron chi connectivity index (χ1n) is 14.9. The van der Waals surface area contributed by atoms with Gasteiger partial charge in [0.1, 0.15) is 5.58 Å². The van der Waals surface area contributed by atoms with Gasteiger partial charge in [-0.2, -0.15) is 0 Å². The Balaban J connectivity index is 1.30. The van der Waals surface area contributed by atoms with Crippen molar-refractivity contribution in [2.75, 3.05) is 23.4 Å². The number of imide groups is 1. The molecule has 2 aliphatic rings. The third-order valence-electron chi connectivity index (χ3n) is 8.25. The summed E-state index contributed by atoms with van der Waals surface area (Å²) in [5, 5.41) is 13.2. The molecule has 6 rings (SSSR count). The number of nitrogens with zero attached hydrogens (tertiary/aromatic N) is 1. The Bertz CT molecular complexity index is 1950. The van der Waals surface area contributed by atoms with Crippen LogP contribution in [0.15, 0.2) is 88.0 Å². The van der Waals surface area contributed by atoms with Gasteiger partial charge in [0.2, 0.25) is 6.29 Å². The summed E-state index contributed by atoms with van der Waals surface area (Å²) in [4.78, 5) is 54.5. The fourth-order valence-corrected chi connectivity index (χ4v) is 6.23.